The number of rotatable bonds is 0. The molecule has 3 heterocycles. The molecule has 0 aliphatic heterocycles. The third kappa shape index (κ3) is 1.44. The van der Waals surface area contributed by atoms with E-state index in [2.05, 4.69) is 19.9 Å². The lowest BCUT2D eigenvalue weighted by molar-refractivity contribution is 0.778. The molecular weight excluding hydrogens is 268 g/mol. The normalized spacial score (nSPS) is 11.3. The van der Waals surface area contributed by atoms with Crippen LogP contribution in [0.4, 0.5) is 0 Å². The molecule has 0 saturated carbocycles. The van der Waals surface area contributed by atoms with Crippen molar-refractivity contribution in [3.05, 3.63) is 41.7 Å². The molecule has 0 aliphatic carbocycles. The summed E-state index contributed by atoms with van der Waals surface area (Å²) < 4.78 is 1.64. The quantitative estimate of drug-likeness (QED) is 0.438. The van der Waals surface area contributed by atoms with Crippen LogP contribution in [0.3, 0.4) is 0 Å². The minimum absolute atomic E-state index is 0.0884. The summed E-state index contributed by atoms with van der Waals surface area (Å²) in [6.45, 7) is 0. The summed E-state index contributed by atoms with van der Waals surface area (Å²) in [5.74, 6) is 0. The Hall–Kier alpha value is -3.04. The Kier molecular flexibility index (Phi) is 2.24. The molecule has 3 aromatic rings. The molecule has 2 N–H and O–H groups in total. The molecule has 0 amide bonds. The second-order valence-electron chi connectivity index (χ2n) is 4.21. The Morgan fingerprint density at radius 3 is 1.55 bits per heavy atom. The SMILES string of the molecule is Cn1c(=O)[nH]c2nc3[nH]c(=O)n(C)c(=O)c3nc2c1=O. The van der Waals surface area contributed by atoms with Gasteiger partial charge in [-0.15, -0.1) is 0 Å². The Labute approximate surface area is 108 Å². The van der Waals surface area contributed by atoms with Crippen molar-refractivity contribution in [2.24, 2.45) is 14.1 Å². The van der Waals surface area contributed by atoms with Crippen LogP contribution in [0.15, 0.2) is 19.2 Å². The van der Waals surface area contributed by atoms with Gasteiger partial charge in [0.15, 0.2) is 22.3 Å². The van der Waals surface area contributed by atoms with E-state index in [9.17, 15) is 19.2 Å². The summed E-state index contributed by atoms with van der Waals surface area (Å²) >= 11 is 0. The van der Waals surface area contributed by atoms with Crippen LogP contribution in [-0.2, 0) is 14.1 Å². The van der Waals surface area contributed by atoms with Crippen molar-refractivity contribution < 1.29 is 0 Å². The summed E-state index contributed by atoms with van der Waals surface area (Å²) in [6.07, 6.45) is 0. The summed E-state index contributed by atoms with van der Waals surface area (Å²) in [4.78, 5) is 59.3. The number of H-pyrrole nitrogens is 2. The molecule has 0 fully saturated rings. The summed E-state index contributed by atoms with van der Waals surface area (Å²) in [5.41, 5.74) is -3.15. The van der Waals surface area contributed by atoms with Gasteiger partial charge in [0.25, 0.3) is 11.1 Å². The van der Waals surface area contributed by atoms with E-state index in [1.165, 1.54) is 14.1 Å². The molecule has 0 aromatic carbocycles. The van der Waals surface area contributed by atoms with Gasteiger partial charge < -0.3 is 0 Å². The van der Waals surface area contributed by atoms with Crippen molar-refractivity contribution in [2.75, 3.05) is 0 Å². The number of fused-ring (bicyclic) bond motifs is 2. The first-order valence-corrected chi connectivity index (χ1v) is 5.50. The highest BCUT2D eigenvalue weighted by atomic mass is 16.2. The Morgan fingerprint density at radius 2 is 1.15 bits per heavy atom. The number of aromatic amines is 2. The number of nitrogens with one attached hydrogen (secondary N) is 2. The largest absolute Gasteiger partial charge is 0.329 e. The fourth-order valence-corrected chi connectivity index (χ4v) is 1.78. The van der Waals surface area contributed by atoms with Crippen LogP contribution in [0, 0.1) is 0 Å². The van der Waals surface area contributed by atoms with Crippen molar-refractivity contribution in [2.45, 2.75) is 0 Å². The highest BCUT2D eigenvalue weighted by molar-refractivity contribution is 5.80. The van der Waals surface area contributed by atoms with Crippen LogP contribution in [-0.4, -0.2) is 29.1 Å². The molecule has 10 nitrogen and oxygen atoms in total. The van der Waals surface area contributed by atoms with Gasteiger partial charge in [0.2, 0.25) is 0 Å². The van der Waals surface area contributed by atoms with Crippen LogP contribution in [0.1, 0.15) is 0 Å². The predicted octanol–water partition coefficient (Wildman–Crippen LogP) is -2.44. The molecule has 0 radical (unpaired) electrons. The van der Waals surface area contributed by atoms with Crippen LogP contribution in [0.25, 0.3) is 22.3 Å². The third-order valence-corrected chi connectivity index (χ3v) is 2.97. The summed E-state index contributed by atoms with van der Waals surface area (Å²) in [7, 11) is 2.55. The maximum atomic E-state index is 11.9. The monoisotopic (exact) mass is 276 g/mol. The lowest BCUT2D eigenvalue weighted by Crippen LogP contribution is -2.35. The summed E-state index contributed by atoms with van der Waals surface area (Å²) in [6, 6.07) is 0. The van der Waals surface area contributed by atoms with Gasteiger partial charge in [-0.25, -0.2) is 19.6 Å². The lowest BCUT2D eigenvalue weighted by atomic mass is 10.4. The topological polar surface area (TPSA) is 136 Å². The van der Waals surface area contributed by atoms with Gasteiger partial charge in [0.05, 0.1) is 0 Å². The van der Waals surface area contributed by atoms with Gasteiger partial charge in [-0.2, -0.15) is 0 Å². The zero-order chi connectivity index (χ0) is 14.6. The Balaban J connectivity index is 2.68. The van der Waals surface area contributed by atoms with E-state index < -0.39 is 22.5 Å². The molecule has 102 valence electrons. The predicted molar refractivity (Wildman–Crippen MR) is 68.8 cm³/mol. The maximum Gasteiger partial charge on any atom is 0.329 e. The molecule has 3 aromatic heterocycles. The average Bonchev–Trinajstić information content (AvgIpc) is 2.41. The van der Waals surface area contributed by atoms with Gasteiger partial charge in [-0.1, -0.05) is 0 Å². The molecule has 0 unspecified atom stereocenters. The zero-order valence-corrected chi connectivity index (χ0v) is 10.4. The summed E-state index contributed by atoms with van der Waals surface area (Å²) in [5, 5.41) is 0. The van der Waals surface area contributed by atoms with Crippen molar-refractivity contribution in [3.8, 4) is 0 Å². The Bertz CT molecular complexity index is 1010. The molecule has 20 heavy (non-hydrogen) atoms. The highest BCUT2D eigenvalue weighted by Gasteiger charge is 2.13. The van der Waals surface area contributed by atoms with E-state index in [0.29, 0.717) is 0 Å². The van der Waals surface area contributed by atoms with Gasteiger partial charge in [0, 0.05) is 14.1 Å². The molecule has 0 saturated heterocycles. The van der Waals surface area contributed by atoms with E-state index in [1.54, 1.807) is 0 Å². The minimum Gasteiger partial charge on any atom is -0.290 e. The number of nitrogens with zero attached hydrogens (tertiary/aromatic N) is 4. The van der Waals surface area contributed by atoms with Crippen molar-refractivity contribution >= 4 is 22.3 Å². The van der Waals surface area contributed by atoms with Gasteiger partial charge >= 0.3 is 11.4 Å². The van der Waals surface area contributed by atoms with Crippen molar-refractivity contribution in [3.63, 3.8) is 0 Å². The molecule has 0 spiro atoms. The maximum absolute atomic E-state index is 11.9. The molecule has 3 rings (SSSR count). The van der Waals surface area contributed by atoms with Crippen LogP contribution >= 0.6 is 0 Å². The van der Waals surface area contributed by atoms with E-state index in [4.69, 9.17) is 0 Å². The Morgan fingerprint density at radius 1 is 0.750 bits per heavy atom. The smallest absolute Gasteiger partial charge is 0.290 e. The van der Waals surface area contributed by atoms with E-state index in [0.717, 1.165) is 9.13 Å². The second kappa shape index (κ2) is 3.73. The van der Waals surface area contributed by atoms with Gasteiger partial charge in [0.1, 0.15) is 0 Å². The van der Waals surface area contributed by atoms with Crippen LogP contribution in [0.5, 0.6) is 0 Å². The van der Waals surface area contributed by atoms with E-state index >= 15 is 0 Å². The molecule has 0 atom stereocenters. The third-order valence-electron chi connectivity index (χ3n) is 2.97. The second-order valence-corrected chi connectivity index (χ2v) is 4.21. The zero-order valence-electron chi connectivity index (χ0n) is 10.4. The van der Waals surface area contributed by atoms with E-state index in [1.807, 2.05) is 0 Å². The molecule has 0 aliphatic rings. The first kappa shape index (κ1) is 12.0. The lowest BCUT2D eigenvalue weighted by Gasteiger charge is -2.02. The minimum atomic E-state index is -0.675. The van der Waals surface area contributed by atoms with E-state index in [-0.39, 0.29) is 22.3 Å². The van der Waals surface area contributed by atoms with Crippen molar-refractivity contribution in [1.82, 2.24) is 29.1 Å². The molecule has 10 heteroatoms. The molecular formula is C10H8N6O4. The number of aromatic nitrogens is 6. The fourth-order valence-electron chi connectivity index (χ4n) is 1.78. The van der Waals surface area contributed by atoms with Gasteiger partial charge in [-0.3, -0.25) is 28.7 Å². The average molecular weight is 276 g/mol. The fraction of sp³-hybridized carbons (Fsp3) is 0.200. The number of hydrogen-bond acceptors (Lipinski definition) is 6. The molecule has 0 bridgehead atoms. The standard InChI is InChI=1S/C10H8N6O4/c1-15-7(17)3-5(13-9(15)19)12-6-4(11-3)8(18)16(2)10(20)14-6/h1-2H3,(H2,12,13,14,19,20). The van der Waals surface area contributed by atoms with Crippen molar-refractivity contribution in [1.29, 1.82) is 0 Å². The first-order valence-electron chi connectivity index (χ1n) is 5.50. The van der Waals surface area contributed by atoms with Crippen LogP contribution < -0.4 is 22.5 Å². The van der Waals surface area contributed by atoms with Crippen LogP contribution in [0.2, 0.25) is 0 Å². The van der Waals surface area contributed by atoms with Gasteiger partial charge in [-0.05, 0) is 0 Å². The number of hydrogen-bond donors (Lipinski definition) is 2. The first-order chi connectivity index (χ1) is 9.40. The highest BCUT2D eigenvalue weighted by Crippen LogP contribution is 2.03.